The van der Waals surface area contributed by atoms with Crippen LogP contribution in [0.25, 0.3) is 0 Å². The zero-order chi connectivity index (χ0) is 30.3. The number of carbonyl (C=O) groups excluding carboxylic acids is 2. The van der Waals surface area contributed by atoms with Gasteiger partial charge in [0.15, 0.2) is 0 Å². The number of amides is 2. The van der Waals surface area contributed by atoms with Gasteiger partial charge in [0.05, 0.1) is 17.7 Å². The summed E-state index contributed by atoms with van der Waals surface area (Å²) in [5.74, 6) is -0.513. The van der Waals surface area contributed by atoms with Crippen LogP contribution in [0.1, 0.15) is 50.2 Å². The second-order valence-electron chi connectivity index (χ2n) is 10.5. The molecule has 0 bridgehead atoms. The van der Waals surface area contributed by atoms with Gasteiger partial charge in [-0.3, -0.25) is 13.9 Å². The largest absolute Gasteiger partial charge is 0.495 e. The van der Waals surface area contributed by atoms with Crippen LogP contribution in [-0.4, -0.2) is 50.9 Å². The molecule has 1 saturated carbocycles. The quantitative estimate of drug-likeness (QED) is 0.283. The van der Waals surface area contributed by atoms with Gasteiger partial charge in [-0.05, 0) is 67.6 Å². The Kier molecular flexibility index (Phi) is 10.5. The van der Waals surface area contributed by atoms with Crippen LogP contribution in [0.15, 0.2) is 77.7 Å². The highest BCUT2D eigenvalue weighted by molar-refractivity contribution is 7.92. The Labute approximate surface area is 253 Å². The molecule has 3 aromatic rings. The minimum absolute atomic E-state index is 0.0105. The van der Waals surface area contributed by atoms with Crippen LogP contribution in [0.3, 0.4) is 0 Å². The number of anilines is 1. The molecule has 2 amide bonds. The van der Waals surface area contributed by atoms with Crippen LogP contribution in [0.2, 0.25) is 5.02 Å². The summed E-state index contributed by atoms with van der Waals surface area (Å²) < 4.78 is 34.6. The van der Waals surface area contributed by atoms with Crippen molar-refractivity contribution in [3.8, 4) is 5.75 Å². The lowest BCUT2D eigenvalue weighted by Gasteiger charge is -2.34. The summed E-state index contributed by atoms with van der Waals surface area (Å²) in [6, 6.07) is 19.4. The Balaban J connectivity index is 1.77. The number of hydrogen-bond donors (Lipinski definition) is 1. The fourth-order valence-electron chi connectivity index (χ4n) is 5.35. The zero-order valence-electron chi connectivity index (χ0n) is 24.3. The number of benzene rings is 3. The van der Waals surface area contributed by atoms with E-state index in [1.54, 1.807) is 30.3 Å². The maximum absolute atomic E-state index is 14.3. The number of hydrogen-bond acceptors (Lipinski definition) is 5. The van der Waals surface area contributed by atoms with Crippen molar-refractivity contribution in [2.45, 2.75) is 69.5 Å². The highest BCUT2D eigenvalue weighted by Crippen LogP contribution is 2.35. The van der Waals surface area contributed by atoms with Gasteiger partial charge in [0.25, 0.3) is 10.0 Å². The Morgan fingerprint density at radius 1 is 1.02 bits per heavy atom. The normalized spacial score (nSPS) is 14.3. The van der Waals surface area contributed by atoms with Crippen LogP contribution in [0, 0.1) is 6.92 Å². The summed E-state index contributed by atoms with van der Waals surface area (Å²) in [7, 11) is -2.81. The Hall–Kier alpha value is -3.56. The Morgan fingerprint density at radius 2 is 1.69 bits per heavy atom. The van der Waals surface area contributed by atoms with Crippen molar-refractivity contribution in [1.82, 2.24) is 10.2 Å². The van der Waals surface area contributed by atoms with Crippen molar-refractivity contribution in [3.63, 3.8) is 0 Å². The molecule has 1 N–H and O–H groups in total. The third-order valence-corrected chi connectivity index (χ3v) is 9.72. The fourth-order valence-corrected chi connectivity index (χ4v) is 6.95. The second kappa shape index (κ2) is 14.1. The molecule has 10 heteroatoms. The lowest BCUT2D eigenvalue weighted by atomic mass is 10.1. The first-order valence-corrected chi connectivity index (χ1v) is 16.0. The Bertz CT molecular complexity index is 1490. The predicted octanol–water partition coefficient (Wildman–Crippen LogP) is 5.72. The number of methoxy groups -OCH3 is 1. The third kappa shape index (κ3) is 7.25. The van der Waals surface area contributed by atoms with E-state index in [0.717, 1.165) is 41.1 Å². The zero-order valence-corrected chi connectivity index (χ0v) is 25.8. The number of halogens is 1. The summed E-state index contributed by atoms with van der Waals surface area (Å²) >= 11 is 6.31. The van der Waals surface area contributed by atoms with E-state index in [1.807, 2.05) is 38.1 Å². The molecule has 0 aliphatic heterocycles. The van der Waals surface area contributed by atoms with E-state index in [0.29, 0.717) is 6.42 Å². The van der Waals surface area contributed by atoms with E-state index in [-0.39, 0.29) is 39.8 Å². The van der Waals surface area contributed by atoms with Crippen molar-refractivity contribution in [2.24, 2.45) is 0 Å². The number of sulfonamides is 1. The van der Waals surface area contributed by atoms with Crippen molar-refractivity contribution >= 4 is 39.1 Å². The van der Waals surface area contributed by atoms with Gasteiger partial charge in [0.2, 0.25) is 11.8 Å². The molecule has 8 nitrogen and oxygen atoms in total. The highest BCUT2D eigenvalue weighted by Gasteiger charge is 2.35. The number of nitrogens with zero attached hydrogens (tertiary/aromatic N) is 2. The molecule has 0 saturated heterocycles. The number of carbonyl (C=O) groups is 2. The molecular weight excluding hydrogens is 574 g/mol. The molecule has 0 unspecified atom stereocenters. The molecule has 3 aromatic carbocycles. The summed E-state index contributed by atoms with van der Waals surface area (Å²) in [5.41, 5.74) is 1.96. The average molecular weight is 612 g/mol. The lowest BCUT2D eigenvalue weighted by molar-refractivity contribution is -0.140. The van der Waals surface area contributed by atoms with E-state index >= 15 is 0 Å². The van der Waals surface area contributed by atoms with Crippen LogP contribution in [0.5, 0.6) is 5.75 Å². The SMILES string of the molecule is CC[C@H](C(=O)NC1CCCC1)N(Cc1ccccc1C)C(=O)CN(c1cc(Cl)ccc1OC)S(=O)(=O)c1ccccc1. The first-order chi connectivity index (χ1) is 20.1. The van der Waals surface area contributed by atoms with Gasteiger partial charge in [-0.25, -0.2) is 8.42 Å². The molecule has 0 aromatic heterocycles. The minimum atomic E-state index is -4.24. The fraction of sp³-hybridized carbons (Fsp3) is 0.375. The van der Waals surface area contributed by atoms with Gasteiger partial charge in [-0.1, -0.05) is 73.8 Å². The lowest BCUT2D eigenvalue weighted by Crippen LogP contribution is -2.53. The van der Waals surface area contributed by atoms with E-state index in [4.69, 9.17) is 16.3 Å². The first-order valence-electron chi connectivity index (χ1n) is 14.2. The van der Waals surface area contributed by atoms with Crippen LogP contribution >= 0.6 is 11.6 Å². The number of rotatable bonds is 12. The molecule has 0 heterocycles. The summed E-state index contributed by atoms with van der Waals surface area (Å²) in [4.78, 5) is 29.4. The van der Waals surface area contributed by atoms with Crippen molar-refractivity contribution < 1.29 is 22.7 Å². The van der Waals surface area contributed by atoms with Gasteiger partial charge in [0.1, 0.15) is 18.3 Å². The number of ether oxygens (including phenoxy) is 1. The Morgan fingerprint density at radius 3 is 2.33 bits per heavy atom. The molecule has 1 aliphatic carbocycles. The van der Waals surface area contributed by atoms with Gasteiger partial charge in [-0.15, -0.1) is 0 Å². The maximum Gasteiger partial charge on any atom is 0.264 e. The van der Waals surface area contributed by atoms with Gasteiger partial charge < -0.3 is 15.0 Å². The molecule has 42 heavy (non-hydrogen) atoms. The summed E-state index contributed by atoms with van der Waals surface area (Å²) in [6.45, 7) is 3.39. The van der Waals surface area contributed by atoms with E-state index in [2.05, 4.69) is 5.32 Å². The smallest absolute Gasteiger partial charge is 0.264 e. The molecule has 1 atom stereocenters. The number of nitrogens with one attached hydrogen (secondary N) is 1. The van der Waals surface area contributed by atoms with Gasteiger partial charge in [-0.2, -0.15) is 0 Å². The van der Waals surface area contributed by atoms with E-state index in [9.17, 15) is 18.0 Å². The summed E-state index contributed by atoms with van der Waals surface area (Å²) in [5, 5.41) is 3.41. The summed E-state index contributed by atoms with van der Waals surface area (Å²) in [6.07, 6.45) is 4.29. The van der Waals surface area contributed by atoms with Crippen LogP contribution < -0.4 is 14.4 Å². The second-order valence-corrected chi connectivity index (χ2v) is 12.8. The predicted molar refractivity (Wildman–Crippen MR) is 165 cm³/mol. The third-order valence-electron chi connectivity index (χ3n) is 7.71. The topological polar surface area (TPSA) is 96.0 Å². The van der Waals surface area contributed by atoms with Crippen molar-refractivity contribution in [3.05, 3.63) is 88.9 Å². The minimum Gasteiger partial charge on any atom is -0.495 e. The molecule has 4 rings (SSSR count). The van der Waals surface area contributed by atoms with Gasteiger partial charge in [0, 0.05) is 17.6 Å². The molecule has 0 radical (unpaired) electrons. The van der Waals surface area contributed by atoms with E-state index < -0.39 is 28.5 Å². The van der Waals surface area contributed by atoms with Gasteiger partial charge >= 0.3 is 0 Å². The number of aryl methyl sites for hydroxylation is 1. The average Bonchev–Trinajstić information content (AvgIpc) is 3.50. The monoisotopic (exact) mass is 611 g/mol. The van der Waals surface area contributed by atoms with Crippen LogP contribution in [-0.2, 0) is 26.2 Å². The standard InChI is InChI=1S/C32H38ClN3O5S/c1-4-28(32(38)34-26-14-10-11-15-26)35(21-24-13-9-8-12-23(24)2)31(37)22-36(29-20-25(33)18-19-30(29)41-3)42(39,40)27-16-6-5-7-17-27/h5-9,12-13,16-20,26,28H,4,10-11,14-15,21-22H2,1-3H3,(H,34,38)/t28-/m1/s1. The molecule has 224 valence electrons. The highest BCUT2D eigenvalue weighted by atomic mass is 35.5. The molecule has 0 spiro atoms. The molecule has 1 fully saturated rings. The van der Waals surface area contributed by atoms with E-state index in [1.165, 1.54) is 30.2 Å². The molecular formula is C32H38ClN3O5S. The molecule has 1 aliphatic rings. The first kappa shape index (κ1) is 31.4. The van der Waals surface area contributed by atoms with Crippen molar-refractivity contribution in [2.75, 3.05) is 18.0 Å². The van der Waals surface area contributed by atoms with Crippen molar-refractivity contribution in [1.29, 1.82) is 0 Å². The van der Waals surface area contributed by atoms with Crippen LogP contribution in [0.4, 0.5) is 5.69 Å². The maximum atomic E-state index is 14.3.